The van der Waals surface area contributed by atoms with E-state index in [2.05, 4.69) is 23.8 Å². The predicted octanol–water partition coefficient (Wildman–Crippen LogP) is 1.67. The fraction of sp³-hybridized carbons (Fsp3) is 1.00. The van der Waals surface area contributed by atoms with Crippen LogP contribution < -0.4 is 5.73 Å². The predicted molar refractivity (Wildman–Crippen MR) is 73.2 cm³/mol. The molecule has 0 aliphatic carbocycles. The van der Waals surface area contributed by atoms with Crippen LogP contribution in [0.2, 0.25) is 0 Å². The summed E-state index contributed by atoms with van der Waals surface area (Å²) in [5.41, 5.74) is 6.44. The molecule has 0 aromatic carbocycles. The first kappa shape index (κ1) is 13.3. The molecule has 3 heteroatoms. The Hall–Kier alpha value is -0.120. The third-order valence-corrected chi connectivity index (χ3v) is 4.76. The van der Waals surface area contributed by atoms with Crippen molar-refractivity contribution < 1.29 is 0 Å². The second kappa shape index (κ2) is 5.68. The minimum absolute atomic E-state index is 0.287. The summed E-state index contributed by atoms with van der Waals surface area (Å²) in [5.74, 6) is 0. The zero-order valence-electron chi connectivity index (χ0n) is 11.6. The minimum Gasteiger partial charge on any atom is -0.329 e. The summed E-state index contributed by atoms with van der Waals surface area (Å²) < 4.78 is 0. The average molecular weight is 239 g/mol. The Balaban J connectivity index is 2.10. The van der Waals surface area contributed by atoms with Gasteiger partial charge in [-0.2, -0.15) is 0 Å². The maximum Gasteiger partial charge on any atom is 0.0473 e. The number of nitrogens with two attached hydrogens (primary N) is 1. The average Bonchev–Trinajstić information content (AvgIpc) is 2.73. The van der Waals surface area contributed by atoms with Crippen LogP contribution in [0.4, 0.5) is 0 Å². The molecule has 0 amide bonds. The third kappa shape index (κ3) is 2.67. The molecule has 0 aromatic heterocycles. The molecule has 2 atom stereocenters. The van der Waals surface area contributed by atoms with Gasteiger partial charge in [-0.3, -0.25) is 4.90 Å². The molecular formula is C14H29N3. The summed E-state index contributed by atoms with van der Waals surface area (Å²) in [6.07, 6.45) is 8.09. The molecular weight excluding hydrogens is 210 g/mol. The maximum absolute atomic E-state index is 6.15. The Bertz CT molecular complexity index is 242. The fourth-order valence-corrected chi connectivity index (χ4v) is 3.84. The summed E-state index contributed by atoms with van der Waals surface area (Å²) in [6.45, 7) is 6.80. The standard InChI is InChI=1S/C14H29N3/c1-3-6-13-7-4-5-9-17(13)14(11-15)8-10-16(2)12-14/h13H,3-12,15H2,1-2H3. The van der Waals surface area contributed by atoms with Crippen LogP contribution in [0.15, 0.2) is 0 Å². The number of rotatable bonds is 4. The van der Waals surface area contributed by atoms with Gasteiger partial charge in [0.05, 0.1) is 0 Å². The van der Waals surface area contributed by atoms with Crippen molar-refractivity contribution in [1.82, 2.24) is 9.80 Å². The first-order valence-corrected chi connectivity index (χ1v) is 7.37. The number of hydrogen-bond acceptors (Lipinski definition) is 3. The molecule has 2 unspecified atom stereocenters. The van der Waals surface area contributed by atoms with Crippen LogP contribution in [-0.4, -0.2) is 54.6 Å². The molecule has 2 N–H and O–H groups in total. The number of piperidine rings is 1. The Kier molecular flexibility index (Phi) is 4.45. The van der Waals surface area contributed by atoms with Gasteiger partial charge in [0.1, 0.15) is 0 Å². The highest BCUT2D eigenvalue weighted by atomic mass is 15.3. The third-order valence-electron chi connectivity index (χ3n) is 4.76. The van der Waals surface area contributed by atoms with Gasteiger partial charge in [0.15, 0.2) is 0 Å². The molecule has 0 aromatic rings. The van der Waals surface area contributed by atoms with E-state index in [0.29, 0.717) is 0 Å². The van der Waals surface area contributed by atoms with Gasteiger partial charge in [0.2, 0.25) is 0 Å². The lowest BCUT2D eigenvalue weighted by molar-refractivity contribution is 0.0244. The van der Waals surface area contributed by atoms with Crippen LogP contribution in [-0.2, 0) is 0 Å². The molecule has 17 heavy (non-hydrogen) atoms. The SMILES string of the molecule is CCCC1CCCCN1C1(CN)CCN(C)C1. The highest BCUT2D eigenvalue weighted by Gasteiger charge is 2.43. The van der Waals surface area contributed by atoms with Gasteiger partial charge in [-0.15, -0.1) is 0 Å². The molecule has 2 fully saturated rings. The molecule has 0 saturated carbocycles. The highest BCUT2D eigenvalue weighted by molar-refractivity contribution is 5.02. The molecule has 3 nitrogen and oxygen atoms in total. The van der Waals surface area contributed by atoms with E-state index >= 15 is 0 Å². The first-order valence-electron chi connectivity index (χ1n) is 7.37. The van der Waals surface area contributed by atoms with Crippen LogP contribution in [0.5, 0.6) is 0 Å². The fourth-order valence-electron chi connectivity index (χ4n) is 3.84. The summed E-state index contributed by atoms with van der Waals surface area (Å²) in [7, 11) is 2.23. The van der Waals surface area contributed by atoms with Crippen LogP contribution in [0.3, 0.4) is 0 Å². The lowest BCUT2D eigenvalue weighted by atomic mass is 9.88. The lowest BCUT2D eigenvalue weighted by Crippen LogP contribution is -2.60. The largest absolute Gasteiger partial charge is 0.329 e. The van der Waals surface area contributed by atoms with E-state index in [1.54, 1.807) is 0 Å². The molecule has 2 heterocycles. The monoisotopic (exact) mass is 239 g/mol. The zero-order chi connectivity index (χ0) is 12.3. The van der Waals surface area contributed by atoms with Gasteiger partial charge in [-0.1, -0.05) is 19.8 Å². The summed E-state index contributed by atoms with van der Waals surface area (Å²) >= 11 is 0. The second-order valence-corrected chi connectivity index (χ2v) is 6.05. The Labute approximate surface area is 106 Å². The van der Waals surface area contributed by atoms with E-state index in [0.717, 1.165) is 12.6 Å². The van der Waals surface area contributed by atoms with E-state index in [-0.39, 0.29) is 5.54 Å². The van der Waals surface area contributed by atoms with Crippen molar-refractivity contribution in [3.05, 3.63) is 0 Å². The van der Waals surface area contributed by atoms with E-state index in [9.17, 15) is 0 Å². The summed E-state index contributed by atoms with van der Waals surface area (Å²) in [4.78, 5) is 5.23. The quantitative estimate of drug-likeness (QED) is 0.810. The van der Waals surface area contributed by atoms with Gasteiger partial charge >= 0.3 is 0 Å². The topological polar surface area (TPSA) is 32.5 Å². The van der Waals surface area contributed by atoms with Crippen molar-refractivity contribution in [2.24, 2.45) is 5.73 Å². The van der Waals surface area contributed by atoms with E-state index < -0.39 is 0 Å². The van der Waals surface area contributed by atoms with E-state index in [4.69, 9.17) is 5.73 Å². The number of hydrogen-bond donors (Lipinski definition) is 1. The normalized spacial score (nSPS) is 36.5. The number of nitrogens with zero attached hydrogens (tertiary/aromatic N) is 2. The molecule has 2 rings (SSSR count). The number of likely N-dealkylation sites (N-methyl/N-ethyl adjacent to an activating group) is 1. The Morgan fingerprint density at radius 1 is 1.29 bits per heavy atom. The van der Waals surface area contributed by atoms with Crippen molar-refractivity contribution >= 4 is 0 Å². The van der Waals surface area contributed by atoms with Crippen LogP contribution in [0, 0.1) is 0 Å². The molecule has 0 spiro atoms. The van der Waals surface area contributed by atoms with Crippen molar-refractivity contribution in [2.75, 3.05) is 33.2 Å². The molecule has 0 radical (unpaired) electrons. The highest BCUT2D eigenvalue weighted by Crippen LogP contribution is 2.33. The smallest absolute Gasteiger partial charge is 0.0473 e. The van der Waals surface area contributed by atoms with Crippen LogP contribution in [0.1, 0.15) is 45.4 Å². The van der Waals surface area contributed by atoms with Crippen LogP contribution in [0.25, 0.3) is 0 Å². The van der Waals surface area contributed by atoms with Crippen molar-refractivity contribution in [2.45, 2.75) is 57.0 Å². The van der Waals surface area contributed by atoms with Gasteiger partial charge < -0.3 is 10.6 Å². The van der Waals surface area contributed by atoms with Gasteiger partial charge in [0.25, 0.3) is 0 Å². The van der Waals surface area contributed by atoms with Gasteiger partial charge in [-0.25, -0.2) is 0 Å². The lowest BCUT2D eigenvalue weighted by Gasteiger charge is -2.48. The summed E-state index contributed by atoms with van der Waals surface area (Å²) in [6, 6.07) is 0.795. The number of likely N-dealkylation sites (tertiary alicyclic amines) is 2. The Morgan fingerprint density at radius 3 is 2.71 bits per heavy atom. The van der Waals surface area contributed by atoms with Crippen LogP contribution >= 0.6 is 0 Å². The molecule has 2 saturated heterocycles. The van der Waals surface area contributed by atoms with E-state index in [1.165, 1.54) is 58.2 Å². The van der Waals surface area contributed by atoms with Crippen molar-refractivity contribution in [1.29, 1.82) is 0 Å². The molecule has 2 aliphatic rings. The summed E-state index contributed by atoms with van der Waals surface area (Å²) in [5, 5.41) is 0. The van der Waals surface area contributed by atoms with E-state index in [1.807, 2.05) is 0 Å². The zero-order valence-corrected chi connectivity index (χ0v) is 11.6. The molecule has 2 aliphatic heterocycles. The first-order chi connectivity index (χ1) is 8.22. The van der Waals surface area contributed by atoms with Crippen molar-refractivity contribution in [3.8, 4) is 0 Å². The van der Waals surface area contributed by atoms with Gasteiger partial charge in [-0.05, 0) is 45.8 Å². The molecule has 100 valence electrons. The molecule has 0 bridgehead atoms. The maximum atomic E-state index is 6.15. The van der Waals surface area contributed by atoms with Gasteiger partial charge in [0, 0.05) is 24.7 Å². The second-order valence-electron chi connectivity index (χ2n) is 6.05. The van der Waals surface area contributed by atoms with Crippen molar-refractivity contribution in [3.63, 3.8) is 0 Å². The minimum atomic E-state index is 0.287. The Morgan fingerprint density at radius 2 is 2.12 bits per heavy atom.